The first-order chi connectivity index (χ1) is 20.9. The molecule has 1 heterocycles. The van der Waals surface area contributed by atoms with Crippen molar-refractivity contribution in [2.45, 2.75) is 117 Å². The van der Waals surface area contributed by atoms with Crippen molar-refractivity contribution < 1.29 is 23.9 Å². The summed E-state index contributed by atoms with van der Waals surface area (Å²) in [5.74, 6) is -1.55. The number of Topliss-reactive ketones (excluding diaryl/α,β-unsaturated/α-hetero) is 1. The molecule has 0 aliphatic carbocycles. The van der Waals surface area contributed by atoms with Crippen LogP contribution in [0.4, 0.5) is 11.4 Å². The third-order valence-electron chi connectivity index (χ3n) is 8.27. The highest BCUT2D eigenvalue weighted by molar-refractivity contribution is 6.26. The summed E-state index contributed by atoms with van der Waals surface area (Å²) in [6.07, 6.45) is 16.0. The van der Waals surface area contributed by atoms with E-state index < -0.39 is 23.2 Å². The van der Waals surface area contributed by atoms with Crippen LogP contribution in [0.5, 0.6) is 0 Å². The number of rotatable bonds is 21. The highest BCUT2D eigenvalue weighted by Gasteiger charge is 2.60. The SMILES string of the molecule is CCCCCCCCCCCCCCCC(=O)OCC1(CCC(C)=O)C(=O)N(c2ccccc2)N(c2ccccc2)C1=O. The summed E-state index contributed by atoms with van der Waals surface area (Å²) >= 11 is 0. The van der Waals surface area contributed by atoms with Crippen LogP contribution in [0.15, 0.2) is 60.7 Å². The lowest BCUT2D eigenvalue weighted by Crippen LogP contribution is -2.42. The molecule has 2 aromatic rings. The number of unbranched alkanes of at least 4 members (excludes halogenated alkanes) is 12. The van der Waals surface area contributed by atoms with E-state index >= 15 is 0 Å². The molecule has 1 saturated heterocycles. The average Bonchev–Trinajstić information content (AvgIpc) is 3.24. The molecule has 0 unspecified atom stereocenters. The zero-order chi connectivity index (χ0) is 30.9. The second-order valence-corrected chi connectivity index (χ2v) is 11.8. The van der Waals surface area contributed by atoms with Gasteiger partial charge in [0.1, 0.15) is 12.4 Å². The standard InChI is InChI=1S/C36H50N2O5/c1-3-4-5-6-7-8-9-10-11-12-13-14-21-26-33(40)43-29-36(28-27-30(2)39)34(41)37(31-22-17-15-18-23-31)38(35(36)42)32-24-19-16-20-25-32/h15-20,22-25H,3-14,21,26-29H2,1-2H3. The lowest BCUT2D eigenvalue weighted by atomic mass is 9.82. The number of para-hydroxylation sites is 2. The van der Waals surface area contributed by atoms with Gasteiger partial charge in [0, 0.05) is 12.8 Å². The van der Waals surface area contributed by atoms with E-state index in [1.165, 1.54) is 81.1 Å². The molecular weight excluding hydrogens is 540 g/mol. The normalized spacial score (nSPS) is 14.4. The van der Waals surface area contributed by atoms with Gasteiger partial charge < -0.3 is 9.53 Å². The third kappa shape index (κ3) is 10.0. The van der Waals surface area contributed by atoms with E-state index in [1.54, 1.807) is 48.5 Å². The summed E-state index contributed by atoms with van der Waals surface area (Å²) in [5, 5.41) is 2.69. The number of carbonyl (C=O) groups is 4. The largest absolute Gasteiger partial charge is 0.464 e. The molecule has 7 heteroatoms. The van der Waals surface area contributed by atoms with E-state index in [0.29, 0.717) is 17.8 Å². The van der Waals surface area contributed by atoms with E-state index in [4.69, 9.17) is 4.74 Å². The second kappa shape index (κ2) is 18.2. The lowest BCUT2D eigenvalue weighted by Gasteiger charge is -2.27. The topological polar surface area (TPSA) is 84.0 Å². The number of amides is 2. The Kier molecular flexibility index (Phi) is 14.4. The molecule has 7 nitrogen and oxygen atoms in total. The summed E-state index contributed by atoms with van der Waals surface area (Å²) in [7, 11) is 0. The van der Waals surface area contributed by atoms with Crippen LogP contribution in [0.1, 0.15) is 117 Å². The van der Waals surface area contributed by atoms with Gasteiger partial charge in [0.2, 0.25) is 0 Å². The van der Waals surface area contributed by atoms with Crippen LogP contribution in [0, 0.1) is 5.41 Å². The number of benzene rings is 2. The number of esters is 1. The van der Waals surface area contributed by atoms with Crippen LogP contribution in [-0.2, 0) is 23.9 Å². The minimum Gasteiger partial charge on any atom is -0.464 e. The molecule has 1 fully saturated rings. The molecule has 0 bridgehead atoms. The van der Waals surface area contributed by atoms with Gasteiger partial charge in [-0.3, -0.25) is 14.4 Å². The van der Waals surface area contributed by atoms with Crippen LogP contribution >= 0.6 is 0 Å². The maximum absolute atomic E-state index is 14.1. The summed E-state index contributed by atoms with van der Waals surface area (Å²) in [6.45, 7) is 3.29. The van der Waals surface area contributed by atoms with Crippen LogP contribution in [-0.4, -0.2) is 30.2 Å². The monoisotopic (exact) mass is 590 g/mol. The molecule has 43 heavy (non-hydrogen) atoms. The van der Waals surface area contributed by atoms with Crippen molar-refractivity contribution in [1.29, 1.82) is 0 Å². The number of ketones is 1. The predicted octanol–water partition coefficient (Wildman–Crippen LogP) is 8.36. The van der Waals surface area contributed by atoms with Gasteiger partial charge in [0.05, 0.1) is 11.4 Å². The van der Waals surface area contributed by atoms with Crippen molar-refractivity contribution in [3.05, 3.63) is 60.7 Å². The molecule has 3 rings (SSSR count). The van der Waals surface area contributed by atoms with E-state index in [1.807, 2.05) is 12.1 Å². The van der Waals surface area contributed by atoms with Crippen LogP contribution in [0.3, 0.4) is 0 Å². The van der Waals surface area contributed by atoms with Gasteiger partial charge in [-0.2, -0.15) is 0 Å². The van der Waals surface area contributed by atoms with Crippen molar-refractivity contribution in [2.75, 3.05) is 16.6 Å². The first-order valence-electron chi connectivity index (χ1n) is 16.3. The molecule has 1 aliphatic heterocycles. The van der Waals surface area contributed by atoms with Gasteiger partial charge in [-0.05, 0) is 44.0 Å². The van der Waals surface area contributed by atoms with Gasteiger partial charge in [-0.1, -0.05) is 120 Å². The molecule has 0 spiro atoms. The Morgan fingerprint density at radius 3 is 1.47 bits per heavy atom. The molecule has 0 saturated carbocycles. The van der Waals surface area contributed by atoms with Crippen LogP contribution in [0.25, 0.3) is 0 Å². The first kappa shape index (κ1) is 34.0. The summed E-state index contributed by atoms with van der Waals surface area (Å²) in [5.41, 5.74) is -0.636. The molecule has 2 amide bonds. The minimum atomic E-state index is -1.68. The highest BCUT2D eigenvalue weighted by Crippen LogP contribution is 2.42. The summed E-state index contributed by atoms with van der Waals surface area (Å²) < 4.78 is 5.63. The minimum absolute atomic E-state index is 0.0269. The highest BCUT2D eigenvalue weighted by atomic mass is 16.5. The van der Waals surface area contributed by atoms with Crippen molar-refractivity contribution in [2.24, 2.45) is 5.41 Å². The predicted molar refractivity (Wildman–Crippen MR) is 171 cm³/mol. The zero-order valence-electron chi connectivity index (χ0n) is 26.2. The molecule has 0 atom stereocenters. The molecule has 0 radical (unpaired) electrons. The Morgan fingerprint density at radius 2 is 1.05 bits per heavy atom. The van der Waals surface area contributed by atoms with E-state index in [9.17, 15) is 19.2 Å². The lowest BCUT2D eigenvalue weighted by molar-refractivity contribution is -0.152. The molecular formula is C36H50N2O5. The van der Waals surface area contributed by atoms with E-state index in [-0.39, 0.29) is 31.7 Å². The zero-order valence-corrected chi connectivity index (χ0v) is 26.2. The Hall–Kier alpha value is -3.48. The molecule has 2 aromatic carbocycles. The summed E-state index contributed by atoms with van der Waals surface area (Å²) in [6, 6.07) is 17.9. The number of hydrazine groups is 1. The smallest absolute Gasteiger partial charge is 0.305 e. The maximum Gasteiger partial charge on any atom is 0.305 e. The maximum atomic E-state index is 14.1. The third-order valence-corrected chi connectivity index (χ3v) is 8.27. The van der Waals surface area contributed by atoms with E-state index in [2.05, 4.69) is 6.92 Å². The van der Waals surface area contributed by atoms with Crippen molar-refractivity contribution in [3.8, 4) is 0 Å². The Labute approximate surface area is 257 Å². The van der Waals surface area contributed by atoms with Crippen molar-refractivity contribution in [1.82, 2.24) is 0 Å². The van der Waals surface area contributed by atoms with E-state index in [0.717, 1.165) is 12.8 Å². The number of hydrogen-bond donors (Lipinski definition) is 0. The van der Waals surface area contributed by atoms with Crippen LogP contribution < -0.4 is 10.0 Å². The van der Waals surface area contributed by atoms with Crippen LogP contribution in [0.2, 0.25) is 0 Å². The quantitative estimate of drug-likeness (QED) is 0.0829. The van der Waals surface area contributed by atoms with Gasteiger partial charge in [0.15, 0.2) is 5.41 Å². The molecule has 234 valence electrons. The Bertz CT molecular complexity index is 1090. The fraction of sp³-hybridized carbons (Fsp3) is 0.556. The number of hydrogen-bond acceptors (Lipinski definition) is 5. The van der Waals surface area contributed by atoms with Gasteiger partial charge in [-0.25, -0.2) is 10.0 Å². The molecule has 1 aliphatic rings. The fourth-order valence-corrected chi connectivity index (χ4v) is 5.64. The molecule has 0 aromatic heterocycles. The molecule has 0 N–H and O–H groups in total. The van der Waals surface area contributed by atoms with Gasteiger partial charge in [-0.15, -0.1) is 0 Å². The fourth-order valence-electron chi connectivity index (χ4n) is 5.64. The number of ether oxygens (including phenoxy) is 1. The second-order valence-electron chi connectivity index (χ2n) is 11.8. The van der Waals surface area contributed by atoms with Gasteiger partial charge >= 0.3 is 5.97 Å². The number of nitrogens with zero attached hydrogens (tertiary/aromatic N) is 2. The summed E-state index contributed by atoms with van der Waals surface area (Å²) in [4.78, 5) is 52.9. The number of anilines is 2. The Balaban J connectivity index is 1.54. The number of carbonyl (C=O) groups excluding carboxylic acids is 4. The van der Waals surface area contributed by atoms with Gasteiger partial charge in [0.25, 0.3) is 11.8 Å². The Morgan fingerprint density at radius 1 is 0.628 bits per heavy atom. The van der Waals surface area contributed by atoms with Crippen molar-refractivity contribution >= 4 is 34.9 Å². The van der Waals surface area contributed by atoms with Crippen molar-refractivity contribution in [3.63, 3.8) is 0 Å². The average molecular weight is 591 g/mol. The first-order valence-corrected chi connectivity index (χ1v) is 16.3.